The van der Waals surface area contributed by atoms with Crippen molar-refractivity contribution in [2.75, 3.05) is 0 Å². The van der Waals surface area contributed by atoms with E-state index in [9.17, 15) is 4.79 Å². The number of rotatable bonds is 5. The van der Waals surface area contributed by atoms with Crippen molar-refractivity contribution in [2.24, 2.45) is 0 Å². The van der Waals surface area contributed by atoms with Gasteiger partial charge in [-0.1, -0.05) is 30.3 Å². The molecule has 0 amide bonds. The monoisotopic (exact) mass is 161 g/mol. The van der Waals surface area contributed by atoms with Crippen molar-refractivity contribution in [1.29, 1.82) is 0 Å². The summed E-state index contributed by atoms with van der Waals surface area (Å²) in [7, 11) is 0. The average molecular weight is 161 g/mol. The van der Waals surface area contributed by atoms with Crippen molar-refractivity contribution < 1.29 is 4.79 Å². The smallest absolute Gasteiger partial charge is 0.123 e. The fraction of sp³-hybridized carbons (Fsp3) is 0.273. The van der Waals surface area contributed by atoms with Crippen LogP contribution in [0.1, 0.15) is 18.4 Å². The summed E-state index contributed by atoms with van der Waals surface area (Å²) >= 11 is 0. The average Bonchev–Trinajstić information content (AvgIpc) is 2.14. The molecule has 1 aromatic carbocycles. The van der Waals surface area contributed by atoms with E-state index in [0.29, 0.717) is 0 Å². The second-order valence-electron chi connectivity index (χ2n) is 2.75. The van der Waals surface area contributed by atoms with Crippen LogP contribution in [0.4, 0.5) is 0 Å². The Hall–Kier alpha value is -1.11. The molecule has 0 heterocycles. The van der Waals surface area contributed by atoms with Gasteiger partial charge in [0.2, 0.25) is 0 Å². The molecule has 0 spiro atoms. The molecule has 0 saturated heterocycles. The summed E-state index contributed by atoms with van der Waals surface area (Å²) < 4.78 is 0. The predicted octanol–water partition coefficient (Wildman–Crippen LogP) is 2.41. The molecule has 0 aromatic heterocycles. The van der Waals surface area contributed by atoms with Gasteiger partial charge in [0.1, 0.15) is 6.29 Å². The molecule has 0 aliphatic rings. The van der Waals surface area contributed by atoms with Crippen LogP contribution in [-0.2, 0) is 11.2 Å². The molecule has 0 aliphatic heterocycles. The van der Waals surface area contributed by atoms with Crippen molar-refractivity contribution in [3.63, 3.8) is 0 Å². The number of unbranched alkanes of at least 4 members (excludes halogenated alkanes) is 2. The van der Waals surface area contributed by atoms with Gasteiger partial charge in [-0.25, -0.2) is 0 Å². The molecule has 0 atom stereocenters. The Balaban J connectivity index is 2.20. The van der Waals surface area contributed by atoms with Gasteiger partial charge in [0, 0.05) is 6.42 Å². The summed E-state index contributed by atoms with van der Waals surface area (Å²) in [5.41, 5.74) is 1.34. The summed E-state index contributed by atoms with van der Waals surface area (Å²) in [4.78, 5) is 9.96. The zero-order chi connectivity index (χ0) is 8.65. The molecular weight excluding hydrogens is 148 g/mol. The Morgan fingerprint density at radius 1 is 1.17 bits per heavy atom. The van der Waals surface area contributed by atoms with Crippen LogP contribution in [0.2, 0.25) is 0 Å². The lowest BCUT2D eigenvalue weighted by atomic mass is 10.1. The Labute approximate surface area is 73.4 Å². The molecule has 12 heavy (non-hydrogen) atoms. The first-order valence-corrected chi connectivity index (χ1v) is 4.24. The van der Waals surface area contributed by atoms with Gasteiger partial charge in [-0.05, 0) is 24.8 Å². The molecule has 0 N–H and O–H groups in total. The second-order valence-corrected chi connectivity index (χ2v) is 2.75. The topological polar surface area (TPSA) is 17.1 Å². The molecule has 1 heteroatoms. The quantitative estimate of drug-likeness (QED) is 0.478. The van der Waals surface area contributed by atoms with Crippen LogP contribution in [0, 0.1) is 6.42 Å². The summed E-state index contributed by atoms with van der Waals surface area (Å²) in [6.07, 6.45) is 5.54. The standard InChI is InChI=1S/C11H13O/c12-10-6-2-5-9-11-7-3-1-4-8-11/h1,3-4,6-8,10H,2,5,9H2. The number of benzene rings is 1. The van der Waals surface area contributed by atoms with Crippen molar-refractivity contribution in [3.8, 4) is 0 Å². The van der Waals surface area contributed by atoms with E-state index in [1.165, 1.54) is 5.56 Å². The Morgan fingerprint density at radius 2 is 1.92 bits per heavy atom. The van der Waals surface area contributed by atoms with Crippen molar-refractivity contribution >= 4 is 6.29 Å². The van der Waals surface area contributed by atoms with E-state index in [0.717, 1.165) is 25.5 Å². The van der Waals surface area contributed by atoms with Gasteiger partial charge < -0.3 is 4.79 Å². The number of carbonyl (C=O) groups is 1. The predicted molar refractivity (Wildman–Crippen MR) is 49.7 cm³/mol. The maximum absolute atomic E-state index is 9.96. The van der Waals surface area contributed by atoms with Gasteiger partial charge >= 0.3 is 0 Å². The van der Waals surface area contributed by atoms with E-state index in [2.05, 4.69) is 12.1 Å². The fourth-order valence-corrected chi connectivity index (χ4v) is 1.14. The number of aldehydes is 1. The van der Waals surface area contributed by atoms with Crippen LogP contribution in [0.15, 0.2) is 30.3 Å². The lowest BCUT2D eigenvalue weighted by Gasteiger charge is -1.97. The van der Waals surface area contributed by atoms with Crippen LogP contribution in [0.3, 0.4) is 0 Å². The van der Waals surface area contributed by atoms with Gasteiger partial charge in [-0.3, -0.25) is 0 Å². The summed E-state index contributed by atoms with van der Waals surface area (Å²) in [6, 6.07) is 10.3. The molecule has 1 nitrogen and oxygen atoms in total. The highest BCUT2D eigenvalue weighted by atomic mass is 16.1. The second kappa shape index (κ2) is 5.53. The van der Waals surface area contributed by atoms with E-state index >= 15 is 0 Å². The maximum atomic E-state index is 9.96. The third kappa shape index (κ3) is 3.33. The van der Waals surface area contributed by atoms with E-state index in [1.54, 1.807) is 6.42 Å². The molecule has 1 rings (SSSR count). The minimum absolute atomic E-state index is 0.866. The van der Waals surface area contributed by atoms with Crippen molar-refractivity contribution in [2.45, 2.75) is 19.3 Å². The third-order valence-electron chi connectivity index (χ3n) is 1.78. The molecule has 1 radical (unpaired) electrons. The van der Waals surface area contributed by atoms with Gasteiger partial charge in [0.05, 0.1) is 0 Å². The zero-order valence-electron chi connectivity index (χ0n) is 7.07. The fourth-order valence-electron chi connectivity index (χ4n) is 1.14. The first-order valence-electron chi connectivity index (χ1n) is 4.24. The Bertz CT molecular complexity index is 216. The number of carbonyl (C=O) groups excluding carboxylic acids is 1. The molecule has 0 saturated carbocycles. The summed E-state index contributed by atoms with van der Waals surface area (Å²) in [6.45, 7) is 0. The van der Waals surface area contributed by atoms with Gasteiger partial charge in [0.15, 0.2) is 0 Å². The molecule has 0 unspecified atom stereocenters. The lowest BCUT2D eigenvalue weighted by molar-refractivity contribution is -0.105. The van der Waals surface area contributed by atoms with E-state index < -0.39 is 0 Å². The molecule has 0 bridgehead atoms. The third-order valence-corrected chi connectivity index (χ3v) is 1.78. The van der Waals surface area contributed by atoms with Gasteiger partial charge in [-0.15, -0.1) is 0 Å². The Kier molecular flexibility index (Phi) is 4.14. The minimum atomic E-state index is 0.866. The Morgan fingerprint density at radius 3 is 2.58 bits per heavy atom. The summed E-state index contributed by atoms with van der Waals surface area (Å²) in [5.74, 6) is 0. The highest BCUT2D eigenvalue weighted by molar-refractivity contribution is 5.60. The van der Waals surface area contributed by atoms with Crippen molar-refractivity contribution in [1.82, 2.24) is 0 Å². The molecule has 1 aromatic rings. The molecule has 0 fully saturated rings. The van der Waals surface area contributed by atoms with Crippen LogP contribution in [0.25, 0.3) is 0 Å². The highest BCUT2D eigenvalue weighted by Crippen LogP contribution is 2.04. The molecular formula is C11H13O. The first-order chi connectivity index (χ1) is 5.93. The van der Waals surface area contributed by atoms with Gasteiger partial charge in [0.25, 0.3) is 0 Å². The van der Waals surface area contributed by atoms with Crippen molar-refractivity contribution in [3.05, 3.63) is 42.3 Å². The normalized spacial score (nSPS) is 9.67. The first kappa shape index (κ1) is 8.98. The molecule has 63 valence electrons. The van der Waals surface area contributed by atoms with E-state index in [4.69, 9.17) is 0 Å². The van der Waals surface area contributed by atoms with E-state index in [-0.39, 0.29) is 0 Å². The van der Waals surface area contributed by atoms with Crippen LogP contribution in [-0.4, -0.2) is 6.29 Å². The summed E-state index contributed by atoms with van der Waals surface area (Å²) in [5, 5.41) is 0. The number of aryl methyl sites for hydroxylation is 1. The van der Waals surface area contributed by atoms with Gasteiger partial charge in [-0.2, -0.15) is 0 Å². The SMILES string of the molecule is O=C[CH]CCCc1ccccc1. The lowest BCUT2D eigenvalue weighted by Crippen LogP contribution is -1.85. The number of hydrogen-bond donors (Lipinski definition) is 0. The minimum Gasteiger partial charge on any atom is -0.303 e. The zero-order valence-corrected chi connectivity index (χ0v) is 7.07. The van der Waals surface area contributed by atoms with Crippen LogP contribution < -0.4 is 0 Å². The van der Waals surface area contributed by atoms with E-state index in [1.807, 2.05) is 18.2 Å². The maximum Gasteiger partial charge on any atom is 0.123 e. The van der Waals surface area contributed by atoms with Crippen LogP contribution in [0.5, 0.6) is 0 Å². The number of hydrogen-bond acceptors (Lipinski definition) is 1. The molecule has 0 aliphatic carbocycles. The van der Waals surface area contributed by atoms with Crippen LogP contribution >= 0.6 is 0 Å². The largest absolute Gasteiger partial charge is 0.303 e. The highest BCUT2D eigenvalue weighted by Gasteiger charge is 1.91.